The lowest BCUT2D eigenvalue weighted by molar-refractivity contribution is 0.102. The molecule has 0 fully saturated rings. The molecule has 0 unspecified atom stereocenters. The summed E-state index contributed by atoms with van der Waals surface area (Å²) in [4.78, 5) is 16.1. The largest absolute Gasteiger partial charge is 0.368 e. The number of aromatic nitrogens is 1. The van der Waals surface area contributed by atoms with Crippen molar-refractivity contribution in [1.29, 1.82) is 0 Å². The van der Waals surface area contributed by atoms with E-state index in [0.717, 1.165) is 10.0 Å². The number of pyridine rings is 1. The van der Waals surface area contributed by atoms with Gasteiger partial charge in [-0.25, -0.2) is 9.37 Å². The maximum Gasteiger partial charge on any atom is 0.258 e. The molecule has 1 heterocycles. The van der Waals surface area contributed by atoms with E-state index >= 15 is 0 Å². The Kier molecular flexibility index (Phi) is 4.90. The first-order chi connectivity index (χ1) is 10.0. The van der Waals surface area contributed by atoms with Gasteiger partial charge < -0.3 is 10.6 Å². The number of nitrogens with one attached hydrogen (secondary N) is 2. The summed E-state index contributed by atoms with van der Waals surface area (Å²) < 4.78 is 15.0. The third-order valence-corrected chi connectivity index (χ3v) is 3.42. The lowest BCUT2D eigenvalue weighted by Crippen LogP contribution is -2.16. The van der Waals surface area contributed by atoms with Crippen molar-refractivity contribution in [2.45, 2.75) is 13.8 Å². The third-order valence-electron chi connectivity index (χ3n) is 2.93. The molecule has 1 amide bonds. The van der Waals surface area contributed by atoms with Gasteiger partial charge in [0.1, 0.15) is 0 Å². The molecule has 0 spiro atoms. The predicted octanol–water partition coefficient (Wildman–Crippen LogP) is 3.98. The highest BCUT2D eigenvalue weighted by atomic mass is 79.9. The van der Waals surface area contributed by atoms with Crippen LogP contribution in [-0.4, -0.2) is 17.4 Å². The highest BCUT2D eigenvalue weighted by Crippen LogP contribution is 2.22. The number of hydrogen-bond donors (Lipinski definition) is 2. The Morgan fingerprint density at radius 1 is 1.38 bits per heavy atom. The van der Waals surface area contributed by atoms with E-state index in [1.54, 1.807) is 6.07 Å². The van der Waals surface area contributed by atoms with Crippen molar-refractivity contribution < 1.29 is 9.18 Å². The summed E-state index contributed by atoms with van der Waals surface area (Å²) in [5.41, 5.74) is 1.49. The molecule has 0 bridgehead atoms. The van der Waals surface area contributed by atoms with E-state index in [1.807, 2.05) is 26.0 Å². The Morgan fingerprint density at radius 3 is 2.86 bits per heavy atom. The van der Waals surface area contributed by atoms with Gasteiger partial charge in [-0.15, -0.1) is 0 Å². The second kappa shape index (κ2) is 6.67. The predicted molar refractivity (Wildman–Crippen MR) is 85.2 cm³/mol. The maximum absolute atomic E-state index is 14.2. The van der Waals surface area contributed by atoms with Crippen LogP contribution in [0.5, 0.6) is 0 Å². The van der Waals surface area contributed by atoms with Gasteiger partial charge in [0, 0.05) is 22.9 Å². The van der Waals surface area contributed by atoms with E-state index in [2.05, 4.69) is 31.5 Å². The first-order valence-corrected chi connectivity index (χ1v) is 7.28. The number of benzene rings is 1. The highest BCUT2D eigenvalue weighted by Gasteiger charge is 2.16. The van der Waals surface area contributed by atoms with Crippen molar-refractivity contribution in [2.24, 2.45) is 0 Å². The molecule has 1 aromatic carbocycles. The van der Waals surface area contributed by atoms with Crippen LogP contribution in [0.4, 0.5) is 15.9 Å². The molecule has 0 aliphatic rings. The van der Waals surface area contributed by atoms with Crippen molar-refractivity contribution in [3.63, 3.8) is 0 Å². The van der Waals surface area contributed by atoms with E-state index < -0.39 is 11.7 Å². The summed E-state index contributed by atoms with van der Waals surface area (Å²) >= 11 is 3.34. The molecular weight excluding hydrogens is 337 g/mol. The minimum Gasteiger partial charge on any atom is -0.368 e. The molecule has 21 heavy (non-hydrogen) atoms. The minimum absolute atomic E-state index is 0.0414. The zero-order valence-corrected chi connectivity index (χ0v) is 13.3. The lowest BCUT2D eigenvalue weighted by Gasteiger charge is -2.11. The van der Waals surface area contributed by atoms with Gasteiger partial charge in [0.25, 0.3) is 5.91 Å². The van der Waals surface area contributed by atoms with Crippen molar-refractivity contribution in [3.8, 4) is 0 Å². The van der Waals surface area contributed by atoms with Crippen LogP contribution in [0.15, 0.2) is 34.9 Å². The Bertz CT molecular complexity index is 676. The minimum atomic E-state index is -0.649. The van der Waals surface area contributed by atoms with Gasteiger partial charge in [-0.1, -0.05) is 22.0 Å². The molecule has 0 radical (unpaired) electrons. The van der Waals surface area contributed by atoms with Crippen molar-refractivity contribution in [3.05, 3.63) is 51.9 Å². The fourth-order valence-corrected chi connectivity index (χ4v) is 2.19. The van der Waals surface area contributed by atoms with Gasteiger partial charge in [0.05, 0.1) is 5.56 Å². The zero-order chi connectivity index (χ0) is 15.4. The number of carbonyl (C=O) groups is 1. The molecule has 0 saturated heterocycles. The number of amides is 1. The molecule has 6 heteroatoms. The number of rotatable bonds is 4. The summed E-state index contributed by atoms with van der Waals surface area (Å²) in [5, 5.41) is 5.49. The first kappa shape index (κ1) is 15.4. The van der Waals surface area contributed by atoms with E-state index in [0.29, 0.717) is 12.2 Å². The van der Waals surface area contributed by atoms with Gasteiger partial charge in [0.15, 0.2) is 11.6 Å². The summed E-state index contributed by atoms with van der Waals surface area (Å²) in [5.74, 6) is -1.07. The number of aryl methyl sites for hydroxylation is 1. The van der Waals surface area contributed by atoms with E-state index in [4.69, 9.17) is 0 Å². The number of nitrogens with zero attached hydrogens (tertiary/aromatic N) is 1. The van der Waals surface area contributed by atoms with Crippen molar-refractivity contribution >= 4 is 33.3 Å². The smallest absolute Gasteiger partial charge is 0.258 e. The van der Waals surface area contributed by atoms with Crippen molar-refractivity contribution in [2.75, 3.05) is 17.2 Å². The Hall–Kier alpha value is -1.95. The first-order valence-electron chi connectivity index (χ1n) is 6.48. The van der Waals surface area contributed by atoms with E-state index in [1.165, 1.54) is 12.3 Å². The average molecular weight is 352 g/mol. The van der Waals surface area contributed by atoms with Crippen LogP contribution >= 0.6 is 15.9 Å². The lowest BCUT2D eigenvalue weighted by atomic mass is 10.1. The highest BCUT2D eigenvalue weighted by molar-refractivity contribution is 9.10. The molecule has 0 atom stereocenters. The van der Waals surface area contributed by atoms with Gasteiger partial charge in [0.2, 0.25) is 0 Å². The number of anilines is 2. The molecule has 2 N–H and O–H groups in total. The molecular formula is C15H15BrFN3O. The standard InChI is InChI=1S/C15H15BrFN3O/c1-3-18-14-13(17)11(6-7-19-14)15(21)20-12-8-10(16)5-4-9(12)2/h4-8H,3H2,1-2H3,(H,18,19)(H,20,21). The zero-order valence-electron chi connectivity index (χ0n) is 11.7. The molecule has 0 aliphatic carbocycles. The normalized spacial score (nSPS) is 10.3. The van der Waals surface area contributed by atoms with Crippen LogP contribution in [0, 0.1) is 12.7 Å². The van der Waals surface area contributed by atoms with E-state index in [-0.39, 0.29) is 11.4 Å². The molecule has 4 nitrogen and oxygen atoms in total. The fraction of sp³-hybridized carbons (Fsp3) is 0.200. The summed E-state index contributed by atoms with van der Waals surface area (Å²) in [6, 6.07) is 6.88. The molecule has 1 aromatic heterocycles. The van der Waals surface area contributed by atoms with Crippen molar-refractivity contribution in [1.82, 2.24) is 4.98 Å². The monoisotopic (exact) mass is 351 g/mol. The topological polar surface area (TPSA) is 54.0 Å². The van der Waals surface area contributed by atoms with E-state index in [9.17, 15) is 9.18 Å². The summed E-state index contributed by atoms with van der Waals surface area (Å²) in [7, 11) is 0. The quantitative estimate of drug-likeness (QED) is 0.875. The summed E-state index contributed by atoms with van der Waals surface area (Å²) in [6.45, 7) is 4.23. The fourth-order valence-electron chi connectivity index (χ4n) is 1.83. The Balaban J connectivity index is 2.28. The number of hydrogen-bond acceptors (Lipinski definition) is 3. The van der Waals surface area contributed by atoms with Crippen LogP contribution in [0.3, 0.4) is 0 Å². The molecule has 110 valence electrons. The Morgan fingerprint density at radius 2 is 2.14 bits per heavy atom. The van der Waals surface area contributed by atoms with Crippen LogP contribution in [0.25, 0.3) is 0 Å². The van der Waals surface area contributed by atoms with Gasteiger partial charge >= 0.3 is 0 Å². The number of carbonyl (C=O) groups excluding carboxylic acids is 1. The van der Waals surface area contributed by atoms with Crippen LogP contribution < -0.4 is 10.6 Å². The SMILES string of the molecule is CCNc1nccc(C(=O)Nc2cc(Br)ccc2C)c1F. The number of halogens is 2. The van der Waals surface area contributed by atoms with Crippen LogP contribution in [-0.2, 0) is 0 Å². The average Bonchev–Trinajstić information content (AvgIpc) is 2.45. The summed E-state index contributed by atoms with van der Waals surface area (Å²) in [6.07, 6.45) is 1.41. The second-order valence-electron chi connectivity index (χ2n) is 4.46. The van der Waals surface area contributed by atoms with Crippen LogP contribution in [0.1, 0.15) is 22.8 Å². The van der Waals surface area contributed by atoms with Gasteiger partial charge in [-0.05, 0) is 37.6 Å². The second-order valence-corrected chi connectivity index (χ2v) is 5.38. The van der Waals surface area contributed by atoms with Gasteiger partial charge in [-0.2, -0.15) is 0 Å². The third kappa shape index (κ3) is 3.58. The van der Waals surface area contributed by atoms with Gasteiger partial charge in [-0.3, -0.25) is 4.79 Å². The Labute approximate surface area is 130 Å². The molecule has 2 aromatic rings. The maximum atomic E-state index is 14.2. The molecule has 0 aliphatic heterocycles. The van der Waals surface area contributed by atoms with Crippen LogP contribution in [0.2, 0.25) is 0 Å². The molecule has 2 rings (SSSR count). The molecule has 0 saturated carbocycles.